The van der Waals surface area contributed by atoms with E-state index < -0.39 is 211 Å². The van der Waals surface area contributed by atoms with Crippen LogP contribution in [0.5, 0.6) is 0 Å². The molecule has 2 aliphatic heterocycles. The van der Waals surface area contributed by atoms with Gasteiger partial charge in [0, 0.05) is 73.3 Å². The second-order valence-electron chi connectivity index (χ2n) is 27.9. The molecule has 0 radical (unpaired) electrons. The van der Waals surface area contributed by atoms with E-state index in [2.05, 4.69) is 94.4 Å². The van der Waals surface area contributed by atoms with Gasteiger partial charge in [-0.3, -0.25) is 76.8 Å². The van der Waals surface area contributed by atoms with E-state index in [4.69, 9.17) is 0 Å². The van der Waals surface area contributed by atoms with Crippen molar-refractivity contribution in [1.29, 1.82) is 0 Å². The quantitative estimate of drug-likeness (QED) is 0.0387. The number of aromatic amines is 1. The maximum absolute atomic E-state index is 15.1. The number of hydrogen-bond acceptors (Lipinski definition) is 22. The topological polar surface area (TPSA) is 566 Å². The van der Waals surface area contributed by atoms with Gasteiger partial charge in [0.1, 0.15) is 60.4 Å². The van der Waals surface area contributed by atoms with Crippen LogP contribution < -0.4 is 69.1 Å². The number of aryl methyl sites for hydroxylation is 1. The fraction of sp³-hybridized carbons (Fsp3) is 0.586. The number of pyridine rings is 1. The Hall–Kier alpha value is -10.7. The molecule has 1 aromatic carbocycles. The van der Waals surface area contributed by atoms with E-state index in [9.17, 15) is 78.0 Å². The van der Waals surface area contributed by atoms with Crippen molar-refractivity contribution in [2.24, 2.45) is 17.8 Å². The monoisotopic (exact) mass is 1540 g/mol. The molecule has 1 fully saturated rings. The number of carboxylic acid groups (broad SMARTS) is 3. The molecule has 18 N–H and O–H groups in total. The molecule has 594 valence electrons. The zero-order valence-electron chi connectivity index (χ0n) is 61.4. The number of aliphatic hydroxyl groups is 1. The molecule has 1 saturated carbocycles. The van der Waals surface area contributed by atoms with Crippen LogP contribution in [0.4, 0.5) is 0 Å². The van der Waals surface area contributed by atoms with E-state index in [-0.39, 0.29) is 87.6 Å². The van der Waals surface area contributed by atoms with Crippen LogP contribution in [0.15, 0.2) is 55.2 Å². The maximum atomic E-state index is 15.1. The van der Waals surface area contributed by atoms with Crippen LogP contribution >= 0.6 is 11.8 Å². The Morgan fingerprint density at radius 3 is 2.06 bits per heavy atom. The van der Waals surface area contributed by atoms with Crippen molar-refractivity contribution in [2.45, 2.75) is 217 Å². The van der Waals surface area contributed by atoms with Gasteiger partial charge in [-0.05, 0) is 107 Å². The Balaban J connectivity index is 1.35. The lowest BCUT2D eigenvalue weighted by atomic mass is 9.95. The van der Waals surface area contributed by atoms with Gasteiger partial charge in [-0.2, -0.15) is 11.8 Å². The number of likely N-dealkylation sites (N-methyl/N-ethyl adjacent to an activating group) is 1. The maximum Gasteiger partial charge on any atom is 0.328 e. The number of hydrogen-bond donors (Lipinski definition) is 18. The van der Waals surface area contributed by atoms with Crippen molar-refractivity contribution in [3.8, 4) is 0 Å². The fourth-order valence-electron chi connectivity index (χ4n) is 12.2. The van der Waals surface area contributed by atoms with Crippen molar-refractivity contribution in [3.05, 3.63) is 72.3 Å². The minimum Gasteiger partial charge on any atom is -0.481 e. The number of fused-ring (bicyclic) bond motifs is 7. The number of nitrogens with zero attached hydrogens (tertiary/aromatic N) is 5. The van der Waals surface area contributed by atoms with Gasteiger partial charge in [0.2, 0.25) is 70.9 Å². The standard InChI is InChI=1S/C70H99N19O19S/c1-7-72-45(17-19-54(92)93)61(98)83-52-33-109-23-21-48(64(101)86-58(38(6)90)70(107)108)79-65(102)50(27-42-26-40-12-8-9-13-41(40)29-73-42)81-68(105)56(35(2)3)84-63(100)46-14-10-11-22-89-32-44(87-88-89)24-36(4)57(85-59(96)37(5)76-67(52)104)69(106)82-51(28-43-30-71-34-75-43)66(103)80-49(25-39-15-16-39)60(97)74-31-53(91)77-47(62(99)78-46)18-20-55(94)95/h8-9,12-13,26,29-30,32,34-39,45-52,56-58,72,90H,7,10-11,14-25,27-28,31,33H2,1-6H3,(H,71,75)(H,74,97)(H,76,104)(H,77,91)(H,78,99)(H,79,102)(H,80,103)(H,81,105)(H,82,106)(H,83,98)(H,84,100)(H,85,96)(H,86,101)(H,92,93)(H,94,95)(H,107,108)/t36?,37-,38?,45-,46-,47-,48-,49-,50-,51-,52-,56?,57-,58?/m0/s1. The smallest absolute Gasteiger partial charge is 0.328 e. The molecule has 0 spiro atoms. The molecule has 3 aromatic heterocycles. The number of rotatable bonds is 21. The van der Waals surface area contributed by atoms with Crippen LogP contribution in [0.3, 0.4) is 0 Å². The molecule has 4 bridgehead atoms. The molecule has 5 heterocycles. The first kappa shape index (κ1) is 85.5. The second-order valence-corrected chi connectivity index (χ2v) is 29.0. The molecular weight excluding hydrogens is 1440 g/mol. The largest absolute Gasteiger partial charge is 0.481 e. The Kier molecular flexibility index (Phi) is 32.6. The van der Waals surface area contributed by atoms with Crippen molar-refractivity contribution in [2.75, 3.05) is 24.6 Å². The van der Waals surface area contributed by atoms with Gasteiger partial charge in [0.15, 0.2) is 6.04 Å². The van der Waals surface area contributed by atoms with Crippen LogP contribution in [-0.2, 0) is 97.7 Å². The number of carbonyl (C=O) groups excluding carboxylic acids is 12. The molecule has 14 atom stereocenters. The number of aliphatic carboxylic acids is 3. The highest BCUT2D eigenvalue weighted by Gasteiger charge is 2.40. The molecular formula is C70H99N19O19S. The summed E-state index contributed by atoms with van der Waals surface area (Å²) < 4.78 is 1.45. The summed E-state index contributed by atoms with van der Waals surface area (Å²) in [4.78, 5) is 223. The highest BCUT2D eigenvalue weighted by atomic mass is 32.2. The third-order valence-corrected chi connectivity index (χ3v) is 19.6. The number of H-pyrrole nitrogens is 1. The average Bonchev–Trinajstić information content (AvgIpc) is 1.79. The van der Waals surface area contributed by atoms with Crippen molar-refractivity contribution in [3.63, 3.8) is 0 Å². The van der Waals surface area contributed by atoms with Crippen molar-refractivity contribution >= 4 is 111 Å². The van der Waals surface area contributed by atoms with Gasteiger partial charge in [-0.15, -0.1) is 5.10 Å². The lowest BCUT2D eigenvalue weighted by Gasteiger charge is -2.29. The number of amides is 12. The summed E-state index contributed by atoms with van der Waals surface area (Å²) in [5.41, 5.74) is 0.870. The molecule has 39 heteroatoms. The van der Waals surface area contributed by atoms with Gasteiger partial charge >= 0.3 is 17.9 Å². The highest BCUT2D eigenvalue weighted by molar-refractivity contribution is 7.99. The fourth-order valence-corrected chi connectivity index (χ4v) is 13.3. The molecule has 1 aliphatic carbocycles. The van der Waals surface area contributed by atoms with E-state index in [0.717, 1.165) is 18.7 Å². The zero-order chi connectivity index (χ0) is 79.6. The SMILES string of the molecule is CCN[C@@H](CCC(=O)O)C(=O)N[C@H]1CSCC[C@@H](C(=O)NC(C(=O)O)C(C)O)NC(=O)[C@H](Cc2cc3ccccc3cn2)NC(=O)C(C(C)C)NC(=O)[C@@H]2CCCCn3cc(nn3)CC(C)[C@H](NC(=O)[C@H](C)NC1=O)C(=O)N[C@@H](Cc1cnc[nH]1)C(=O)N[C@@H](CC1CC1)C(=O)NCC(=O)N[C@@H](CCC(=O)O)C(=O)N2. The first-order valence-corrected chi connectivity index (χ1v) is 37.5. The van der Waals surface area contributed by atoms with E-state index in [1.807, 2.05) is 0 Å². The number of aliphatic hydroxyl groups excluding tert-OH is 1. The van der Waals surface area contributed by atoms with Crippen LogP contribution in [0.2, 0.25) is 0 Å². The molecule has 109 heavy (non-hydrogen) atoms. The number of benzene rings is 1. The summed E-state index contributed by atoms with van der Waals surface area (Å²) in [7, 11) is 0. The van der Waals surface area contributed by atoms with E-state index in [0.29, 0.717) is 35.0 Å². The number of imidazole rings is 1. The van der Waals surface area contributed by atoms with Crippen LogP contribution in [-0.4, -0.2) is 242 Å². The number of nitrogens with one attached hydrogen (secondary N) is 14. The summed E-state index contributed by atoms with van der Waals surface area (Å²) in [5.74, 6) is -18.3. The van der Waals surface area contributed by atoms with E-state index >= 15 is 14.4 Å². The van der Waals surface area contributed by atoms with Crippen LogP contribution in [0, 0.1) is 17.8 Å². The zero-order valence-corrected chi connectivity index (χ0v) is 62.2. The molecule has 3 aliphatic rings. The molecule has 4 aromatic rings. The third-order valence-electron chi connectivity index (χ3n) is 18.6. The molecule has 4 unspecified atom stereocenters. The van der Waals surface area contributed by atoms with Gasteiger partial charge in [0.25, 0.3) is 0 Å². The van der Waals surface area contributed by atoms with Gasteiger partial charge in [-0.1, -0.05) is 70.0 Å². The predicted octanol–water partition coefficient (Wildman–Crippen LogP) is -3.37. The lowest BCUT2D eigenvalue weighted by molar-refractivity contribution is -0.145. The van der Waals surface area contributed by atoms with Gasteiger partial charge in [-0.25, -0.2) is 9.78 Å². The Bertz CT molecular complexity index is 3890. The number of aromatic nitrogens is 6. The normalized spacial score (nSPS) is 25.0. The summed E-state index contributed by atoms with van der Waals surface area (Å²) in [6.07, 6.45) is 2.64. The average molecular weight is 1540 g/mol. The highest BCUT2D eigenvalue weighted by Crippen LogP contribution is 2.33. The summed E-state index contributed by atoms with van der Waals surface area (Å²) in [6.45, 7) is 8.20. The second kappa shape index (κ2) is 41.6. The molecule has 7 rings (SSSR count). The summed E-state index contributed by atoms with van der Waals surface area (Å²) in [6, 6.07) is -10.1. The van der Waals surface area contributed by atoms with Crippen molar-refractivity contribution in [1.82, 2.24) is 99.1 Å². The summed E-state index contributed by atoms with van der Waals surface area (Å²) in [5, 5.41) is 84.0. The summed E-state index contributed by atoms with van der Waals surface area (Å²) >= 11 is 0.913. The number of carboxylic acids is 3. The van der Waals surface area contributed by atoms with Gasteiger partial charge in [0.05, 0.1) is 30.7 Å². The van der Waals surface area contributed by atoms with Gasteiger partial charge < -0.3 is 94.5 Å². The van der Waals surface area contributed by atoms with E-state index in [1.54, 1.807) is 64.2 Å². The molecule has 12 amide bonds. The van der Waals surface area contributed by atoms with Crippen molar-refractivity contribution < 1.29 is 92.3 Å². The Morgan fingerprint density at radius 2 is 1.39 bits per heavy atom. The van der Waals surface area contributed by atoms with Crippen LogP contribution in [0.25, 0.3) is 10.8 Å². The van der Waals surface area contributed by atoms with Crippen LogP contribution in [0.1, 0.15) is 129 Å². The van der Waals surface area contributed by atoms with E-state index in [1.165, 1.54) is 30.3 Å². The first-order valence-electron chi connectivity index (χ1n) is 36.3. The Labute approximate surface area is 631 Å². The molecule has 38 nitrogen and oxygen atoms in total. The Morgan fingerprint density at radius 1 is 0.697 bits per heavy atom. The minimum absolute atomic E-state index is 0.0508. The first-order chi connectivity index (χ1) is 51.9. The molecule has 0 saturated heterocycles. The number of thioether (sulfide) groups is 1. The third kappa shape index (κ3) is 27.2. The lowest BCUT2D eigenvalue weighted by Crippen LogP contribution is -2.61. The predicted molar refractivity (Wildman–Crippen MR) is 389 cm³/mol. The minimum atomic E-state index is -1.94. The number of carbonyl (C=O) groups is 15.